The van der Waals surface area contributed by atoms with Crippen LogP contribution in [-0.4, -0.2) is 37.8 Å². The Labute approximate surface area is 111 Å². The van der Waals surface area contributed by atoms with Crippen molar-refractivity contribution in [2.24, 2.45) is 0 Å². The van der Waals surface area contributed by atoms with Gasteiger partial charge in [0, 0.05) is 37.5 Å². The molecular formula is C14H16N2O3. The average molecular weight is 260 g/mol. The predicted octanol–water partition coefficient (Wildman–Crippen LogP) is 1.67. The van der Waals surface area contributed by atoms with E-state index in [1.807, 2.05) is 14.1 Å². The summed E-state index contributed by atoms with van der Waals surface area (Å²) < 4.78 is 5.10. The van der Waals surface area contributed by atoms with Crippen molar-refractivity contribution in [2.45, 2.75) is 6.42 Å². The number of ether oxygens (including phenoxy) is 1. The second kappa shape index (κ2) is 5.14. The fourth-order valence-electron chi connectivity index (χ4n) is 1.99. The number of carbonyl (C=O) groups excluding carboxylic acids is 2. The number of rotatable bonds is 2. The number of hydrogen-bond acceptors (Lipinski definition) is 4. The van der Waals surface area contributed by atoms with Gasteiger partial charge in [0.1, 0.15) is 5.75 Å². The Kier molecular flexibility index (Phi) is 3.55. The van der Waals surface area contributed by atoms with E-state index in [1.165, 1.54) is 0 Å². The van der Waals surface area contributed by atoms with Gasteiger partial charge in [0.25, 0.3) is 0 Å². The standard InChI is InChI=1S/C14H16N2O3/c1-16(2)8-9-6-13(17)15-12-7-10(19-3)4-5-11(12)14(9)18/h4-5,7-8H,6H2,1-3H3,(H,15,17)/b9-8-. The molecular weight excluding hydrogens is 244 g/mol. The maximum absolute atomic E-state index is 12.4. The van der Waals surface area contributed by atoms with E-state index in [2.05, 4.69) is 5.32 Å². The third kappa shape index (κ3) is 2.76. The van der Waals surface area contributed by atoms with Crippen LogP contribution in [-0.2, 0) is 4.79 Å². The molecule has 0 aromatic heterocycles. The number of anilines is 1. The molecule has 0 unspecified atom stereocenters. The first-order chi connectivity index (χ1) is 9.01. The van der Waals surface area contributed by atoms with Crippen LogP contribution in [0, 0.1) is 0 Å². The molecule has 1 N–H and O–H groups in total. The van der Waals surface area contributed by atoms with Gasteiger partial charge in [-0.05, 0) is 12.1 Å². The van der Waals surface area contributed by atoms with Crippen LogP contribution in [0.25, 0.3) is 0 Å². The fraction of sp³-hybridized carbons (Fsp3) is 0.286. The molecule has 0 atom stereocenters. The largest absolute Gasteiger partial charge is 0.497 e. The smallest absolute Gasteiger partial charge is 0.229 e. The number of methoxy groups -OCH3 is 1. The van der Waals surface area contributed by atoms with Crippen molar-refractivity contribution < 1.29 is 14.3 Å². The van der Waals surface area contributed by atoms with Crippen molar-refractivity contribution in [1.29, 1.82) is 0 Å². The highest BCUT2D eigenvalue weighted by Crippen LogP contribution is 2.28. The van der Waals surface area contributed by atoms with Gasteiger partial charge in [0.2, 0.25) is 5.91 Å². The number of hydrogen-bond donors (Lipinski definition) is 1. The molecule has 0 spiro atoms. The van der Waals surface area contributed by atoms with Crippen molar-refractivity contribution in [1.82, 2.24) is 4.90 Å². The average Bonchev–Trinajstić information content (AvgIpc) is 2.46. The van der Waals surface area contributed by atoms with E-state index in [-0.39, 0.29) is 18.1 Å². The summed E-state index contributed by atoms with van der Waals surface area (Å²) in [6.45, 7) is 0. The van der Waals surface area contributed by atoms with E-state index in [0.29, 0.717) is 22.6 Å². The van der Waals surface area contributed by atoms with Crippen LogP contribution in [0.3, 0.4) is 0 Å². The number of benzene rings is 1. The lowest BCUT2D eigenvalue weighted by Gasteiger charge is -2.09. The van der Waals surface area contributed by atoms with Crippen molar-refractivity contribution in [3.63, 3.8) is 0 Å². The van der Waals surface area contributed by atoms with Gasteiger partial charge in [-0.2, -0.15) is 0 Å². The van der Waals surface area contributed by atoms with Crippen LogP contribution in [0.4, 0.5) is 5.69 Å². The molecule has 0 fully saturated rings. The van der Waals surface area contributed by atoms with Crippen LogP contribution < -0.4 is 10.1 Å². The number of nitrogens with zero attached hydrogens (tertiary/aromatic N) is 1. The maximum atomic E-state index is 12.4. The van der Waals surface area contributed by atoms with Gasteiger partial charge in [-0.15, -0.1) is 0 Å². The zero-order chi connectivity index (χ0) is 14.0. The summed E-state index contributed by atoms with van der Waals surface area (Å²) in [4.78, 5) is 26.0. The molecule has 0 saturated heterocycles. The van der Waals surface area contributed by atoms with E-state index < -0.39 is 0 Å². The molecule has 0 bridgehead atoms. The number of Topliss-reactive ketones (excluding diaryl/α,β-unsaturated/α-hetero) is 1. The lowest BCUT2D eigenvalue weighted by molar-refractivity contribution is -0.115. The first-order valence-electron chi connectivity index (χ1n) is 5.91. The van der Waals surface area contributed by atoms with Gasteiger partial charge >= 0.3 is 0 Å². The summed E-state index contributed by atoms with van der Waals surface area (Å²) in [7, 11) is 5.18. The van der Waals surface area contributed by atoms with E-state index in [4.69, 9.17) is 4.74 Å². The summed E-state index contributed by atoms with van der Waals surface area (Å²) in [5.41, 5.74) is 1.46. The van der Waals surface area contributed by atoms with E-state index in [9.17, 15) is 9.59 Å². The number of nitrogens with one attached hydrogen (secondary N) is 1. The number of fused-ring (bicyclic) bond motifs is 1. The molecule has 1 amide bonds. The summed E-state index contributed by atoms with van der Waals surface area (Å²) >= 11 is 0. The minimum atomic E-state index is -0.201. The second-order valence-electron chi connectivity index (χ2n) is 4.58. The molecule has 5 heteroatoms. The van der Waals surface area contributed by atoms with Gasteiger partial charge in [-0.25, -0.2) is 0 Å². The molecule has 5 nitrogen and oxygen atoms in total. The van der Waals surface area contributed by atoms with Crippen molar-refractivity contribution in [3.8, 4) is 5.75 Å². The summed E-state index contributed by atoms with van der Waals surface area (Å²) in [6, 6.07) is 5.04. The van der Waals surface area contributed by atoms with Gasteiger partial charge in [0.05, 0.1) is 19.2 Å². The second-order valence-corrected chi connectivity index (χ2v) is 4.58. The number of ketones is 1. The van der Waals surface area contributed by atoms with Crippen LogP contribution in [0.1, 0.15) is 16.8 Å². The monoisotopic (exact) mass is 260 g/mol. The zero-order valence-electron chi connectivity index (χ0n) is 11.2. The van der Waals surface area contributed by atoms with Crippen molar-refractivity contribution in [3.05, 3.63) is 35.5 Å². The van der Waals surface area contributed by atoms with Crippen molar-refractivity contribution >= 4 is 17.4 Å². The van der Waals surface area contributed by atoms with Crippen LogP contribution in [0.2, 0.25) is 0 Å². The van der Waals surface area contributed by atoms with E-state index in [0.717, 1.165) is 0 Å². The molecule has 2 rings (SSSR count). The topological polar surface area (TPSA) is 58.6 Å². The summed E-state index contributed by atoms with van der Waals surface area (Å²) in [5, 5.41) is 2.73. The Morgan fingerprint density at radius 2 is 2.05 bits per heavy atom. The van der Waals surface area contributed by atoms with Crippen LogP contribution >= 0.6 is 0 Å². The number of carbonyl (C=O) groups is 2. The Balaban J connectivity index is 2.50. The molecule has 1 aromatic carbocycles. The number of amides is 1. The minimum absolute atomic E-state index is 0.0774. The predicted molar refractivity (Wildman–Crippen MR) is 72.3 cm³/mol. The molecule has 1 aromatic rings. The zero-order valence-corrected chi connectivity index (χ0v) is 11.2. The van der Waals surface area contributed by atoms with Gasteiger partial charge in [-0.3, -0.25) is 9.59 Å². The minimum Gasteiger partial charge on any atom is -0.497 e. The summed E-state index contributed by atoms with van der Waals surface area (Å²) in [5.74, 6) is 0.269. The molecule has 0 aliphatic carbocycles. The quantitative estimate of drug-likeness (QED) is 0.822. The van der Waals surface area contributed by atoms with Gasteiger partial charge in [0.15, 0.2) is 5.78 Å². The highest BCUT2D eigenvalue weighted by molar-refractivity contribution is 6.18. The Morgan fingerprint density at radius 3 is 2.68 bits per heavy atom. The first kappa shape index (κ1) is 13.1. The van der Waals surface area contributed by atoms with Gasteiger partial charge < -0.3 is 15.0 Å². The normalized spacial score (nSPS) is 16.7. The van der Waals surface area contributed by atoms with Crippen molar-refractivity contribution in [2.75, 3.05) is 26.5 Å². The highest BCUT2D eigenvalue weighted by atomic mass is 16.5. The SMILES string of the molecule is COc1ccc2c(c1)NC(=O)C/C(=C/N(C)C)C2=O. The first-order valence-corrected chi connectivity index (χ1v) is 5.91. The van der Waals surface area contributed by atoms with Gasteiger partial charge in [-0.1, -0.05) is 0 Å². The molecule has 0 radical (unpaired) electrons. The fourth-order valence-corrected chi connectivity index (χ4v) is 1.99. The third-order valence-corrected chi connectivity index (χ3v) is 2.80. The van der Waals surface area contributed by atoms with E-state index >= 15 is 0 Å². The highest BCUT2D eigenvalue weighted by Gasteiger charge is 2.24. The lowest BCUT2D eigenvalue weighted by atomic mass is 10.0. The summed E-state index contributed by atoms with van der Waals surface area (Å²) in [6.07, 6.45) is 1.76. The molecule has 1 aliphatic rings. The Hall–Kier alpha value is -2.30. The van der Waals surface area contributed by atoms with E-state index in [1.54, 1.807) is 36.4 Å². The lowest BCUT2D eigenvalue weighted by Crippen LogP contribution is -2.12. The molecule has 1 aliphatic heterocycles. The van der Waals surface area contributed by atoms with Crippen LogP contribution in [0.15, 0.2) is 30.0 Å². The van der Waals surface area contributed by atoms with Crippen LogP contribution in [0.5, 0.6) is 5.75 Å². The molecule has 19 heavy (non-hydrogen) atoms. The molecule has 0 saturated carbocycles. The maximum Gasteiger partial charge on any atom is 0.229 e. The Morgan fingerprint density at radius 1 is 1.32 bits per heavy atom. The molecule has 1 heterocycles. The molecule has 100 valence electrons. The Bertz CT molecular complexity index is 562. The third-order valence-electron chi connectivity index (χ3n) is 2.80.